The molecule has 17 heavy (non-hydrogen) atoms. The molecule has 2 aliphatic rings. The summed E-state index contributed by atoms with van der Waals surface area (Å²) in [4.78, 5) is 14.2. The first-order valence-electron chi connectivity index (χ1n) is 6.80. The van der Waals surface area contributed by atoms with Gasteiger partial charge in [0.1, 0.15) is 0 Å². The minimum atomic E-state index is -0.0458. The summed E-state index contributed by atoms with van der Waals surface area (Å²) in [5.41, 5.74) is 0. The Balaban J connectivity index is 1.53. The molecule has 98 valence electrons. The van der Waals surface area contributed by atoms with Crippen LogP contribution in [-0.4, -0.2) is 62.7 Å². The molecule has 2 fully saturated rings. The van der Waals surface area contributed by atoms with Gasteiger partial charge in [-0.1, -0.05) is 0 Å². The summed E-state index contributed by atoms with van der Waals surface area (Å²) in [7, 11) is 0. The lowest BCUT2D eigenvalue weighted by Gasteiger charge is -2.23. The van der Waals surface area contributed by atoms with E-state index in [2.05, 4.69) is 20.9 Å². The Labute approximate surface area is 103 Å². The molecule has 0 bridgehead atoms. The summed E-state index contributed by atoms with van der Waals surface area (Å²) in [6.45, 7) is 6.98. The Morgan fingerprint density at radius 1 is 1.29 bits per heavy atom. The smallest absolute Gasteiger partial charge is 0.238 e. The Bertz CT molecular complexity index is 235. The number of carbonyl (C=O) groups is 1. The molecule has 3 N–H and O–H groups in total. The van der Waals surface area contributed by atoms with E-state index in [9.17, 15) is 4.79 Å². The number of rotatable bonds is 5. The molecule has 5 heteroatoms. The molecule has 2 aliphatic heterocycles. The number of piperazine rings is 1. The molecule has 1 amide bonds. The lowest BCUT2D eigenvalue weighted by atomic mass is 10.2. The monoisotopic (exact) mass is 240 g/mol. The van der Waals surface area contributed by atoms with E-state index in [1.165, 1.54) is 25.9 Å². The van der Waals surface area contributed by atoms with Crippen LogP contribution in [0.2, 0.25) is 0 Å². The van der Waals surface area contributed by atoms with Gasteiger partial charge >= 0.3 is 0 Å². The lowest BCUT2D eigenvalue weighted by Crippen LogP contribution is -2.55. The van der Waals surface area contributed by atoms with Crippen LogP contribution < -0.4 is 16.0 Å². The van der Waals surface area contributed by atoms with E-state index in [1.54, 1.807) is 0 Å². The standard InChI is InChI=1S/C12H24N4O/c17-12(11-10-13-5-6-14-11)15-4-3-9-16-7-1-2-8-16/h11,13-14H,1-10H2,(H,15,17). The van der Waals surface area contributed by atoms with E-state index in [0.717, 1.165) is 39.1 Å². The van der Waals surface area contributed by atoms with Crippen LogP contribution in [0.4, 0.5) is 0 Å². The van der Waals surface area contributed by atoms with Crippen molar-refractivity contribution in [3.05, 3.63) is 0 Å². The largest absolute Gasteiger partial charge is 0.355 e. The van der Waals surface area contributed by atoms with Gasteiger partial charge in [0, 0.05) is 26.2 Å². The van der Waals surface area contributed by atoms with Crippen molar-refractivity contribution in [3.8, 4) is 0 Å². The Morgan fingerprint density at radius 2 is 2.12 bits per heavy atom. The van der Waals surface area contributed by atoms with Gasteiger partial charge in [-0.15, -0.1) is 0 Å². The van der Waals surface area contributed by atoms with E-state index in [-0.39, 0.29) is 11.9 Å². The zero-order valence-electron chi connectivity index (χ0n) is 10.5. The number of amides is 1. The highest BCUT2D eigenvalue weighted by Crippen LogP contribution is 2.06. The van der Waals surface area contributed by atoms with Crippen molar-refractivity contribution in [1.82, 2.24) is 20.9 Å². The normalized spacial score (nSPS) is 26.0. The second-order valence-electron chi connectivity index (χ2n) is 4.90. The highest BCUT2D eigenvalue weighted by Gasteiger charge is 2.19. The topological polar surface area (TPSA) is 56.4 Å². The Morgan fingerprint density at radius 3 is 2.82 bits per heavy atom. The minimum absolute atomic E-state index is 0.0458. The first-order chi connectivity index (χ1) is 8.36. The van der Waals surface area contributed by atoms with E-state index in [0.29, 0.717) is 0 Å². The second-order valence-corrected chi connectivity index (χ2v) is 4.90. The number of hydrogen-bond acceptors (Lipinski definition) is 4. The molecule has 2 rings (SSSR count). The maximum Gasteiger partial charge on any atom is 0.238 e. The SMILES string of the molecule is O=C(NCCCN1CCCC1)C1CNCCN1. The van der Waals surface area contributed by atoms with Gasteiger partial charge in [0.25, 0.3) is 0 Å². The van der Waals surface area contributed by atoms with Crippen LogP contribution >= 0.6 is 0 Å². The van der Waals surface area contributed by atoms with E-state index in [1.807, 2.05) is 0 Å². The predicted octanol–water partition coefficient (Wildman–Crippen LogP) is -0.850. The van der Waals surface area contributed by atoms with Gasteiger partial charge in [0.15, 0.2) is 0 Å². The third-order valence-electron chi connectivity index (χ3n) is 3.51. The molecule has 0 aromatic heterocycles. The van der Waals surface area contributed by atoms with Crippen LogP contribution in [0.1, 0.15) is 19.3 Å². The number of likely N-dealkylation sites (tertiary alicyclic amines) is 1. The highest BCUT2D eigenvalue weighted by molar-refractivity contribution is 5.82. The van der Waals surface area contributed by atoms with E-state index >= 15 is 0 Å². The quantitative estimate of drug-likeness (QED) is 0.548. The fourth-order valence-electron chi connectivity index (χ4n) is 2.48. The lowest BCUT2D eigenvalue weighted by molar-refractivity contribution is -0.123. The number of nitrogens with zero attached hydrogens (tertiary/aromatic N) is 1. The molecule has 0 aromatic rings. The van der Waals surface area contributed by atoms with Crippen molar-refractivity contribution in [3.63, 3.8) is 0 Å². The van der Waals surface area contributed by atoms with Crippen LogP contribution in [0.5, 0.6) is 0 Å². The van der Waals surface area contributed by atoms with Crippen molar-refractivity contribution in [2.45, 2.75) is 25.3 Å². The van der Waals surface area contributed by atoms with Crippen LogP contribution in [0.3, 0.4) is 0 Å². The first-order valence-corrected chi connectivity index (χ1v) is 6.80. The maximum absolute atomic E-state index is 11.8. The van der Waals surface area contributed by atoms with Crippen LogP contribution in [0.25, 0.3) is 0 Å². The highest BCUT2D eigenvalue weighted by atomic mass is 16.2. The molecule has 1 unspecified atom stereocenters. The molecule has 0 radical (unpaired) electrons. The van der Waals surface area contributed by atoms with Crippen LogP contribution in [-0.2, 0) is 4.79 Å². The predicted molar refractivity (Wildman–Crippen MR) is 68.0 cm³/mol. The van der Waals surface area contributed by atoms with Gasteiger partial charge in [-0.3, -0.25) is 4.79 Å². The van der Waals surface area contributed by atoms with Gasteiger partial charge in [-0.05, 0) is 38.9 Å². The van der Waals surface area contributed by atoms with Crippen LogP contribution in [0.15, 0.2) is 0 Å². The molecule has 0 aliphatic carbocycles. The van der Waals surface area contributed by atoms with Gasteiger partial charge in [0.2, 0.25) is 5.91 Å². The number of hydrogen-bond donors (Lipinski definition) is 3. The van der Waals surface area contributed by atoms with Gasteiger partial charge < -0.3 is 20.9 Å². The molecule has 0 aromatic carbocycles. The van der Waals surface area contributed by atoms with E-state index in [4.69, 9.17) is 0 Å². The summed E-state index contributed by atoms with van der Waals surface area (Å²) in [6.07, 6.45) is 3.74. The van der Waals surface area contributed by atoms with Gasteiger partial charge in [-0.2, -0.15) is 0 Å². The summed E-state index contributed by atoms with van der Waals surface area (Å²) in [6, 6.07) is -0.0458. The summed E-state index contributed by atoms with van der Waals surface area (Å²) < 4.78 is 0. The summed E-state index contributed by atoms with van der Waals surface area (Å²) in [5.74, 6) is 0.138. The van der Waals surface area contributed by atoms with Crippen molar-refractivity contribution in [1.29, 1.82) is 0 Å². The second kappa shape index (κ2) is 6.93. The Kier molecular flexibility index (Phi) is 5.22. The number of carbonyl (C=O) groups excluding carboxylic acids is 1. The average molecular weight is 240 g/mol. The zero-order valence-corrected chi connectivity index (χ0v) is 10.5. The van der Waals surface area contributed by atoms with Crippen molar-refractivity contribution in [2.75, 3.05) is 45.8 Å². The summed E-state index contributed by atoms with van der Waals surface area (Å²) in [5, 5.41) is 9.44. The molecule has 1 atom stereocenters. The molecule has 0 saturated carbocycles. The third kappa shape index (κ3) is 4.26. The molecule has 2 saturated heterocycles. The third-order valence-corrected chi connectivity index (χ3v) is 3.51. The minimum Gasteiger partial charge on any atom is -0.355 e. The van der Waals surface area contributed by atoms with Crippen LogP contribution in [0, 0.1) is 0 Å². The molecular formula is C12H24N4O. The first kappa shape index (κ1) is 12.8. The molecular weight excluding hydrogens is 216 g/mol. The molecule has 2 heterocycles. The fourth-order valence-corrected chi connectivity index (χ4v) is 2.48. The van der Waals surface area contributed by atoms with Gasteiger partial charge in [0.05, 0.1) is 6.04 Å². The molecule has 5 nitrogen and oxygen atoms in total. The van der Waals surface area contributed by atoms with Crippen molar-refractivity contribution >= 4 is 5.91 Å². The zero-order chi connectivity index (χ0) is 11.9. The van der Waals surface area contributed by atoms with Crippen molar-refractivity contribution < 1.29 is 4.79 Å². The average Bonchev–Trinajstić information content (AvgIpc) is 2.88. The van der Waals surface area contributed by atoms with Crippen molar-refractivity contribution in [2.24, 2.45) is 0 Å². The maximum atomic E-state index is 11.8. The molecule has 0 spiro atoms. The fraction of sp³-hybridized carbons (Fsp3) is 0.917. The summed E-state index contributed by atoms with van der Waals surface area (Å²) >= 11 is 0. The van der Waals surface area contributed by atoms with Gasteiger partial charge in [-0.25, -0.2) is 0 Å². The number of nitrogens with one attached hydrogen (secondary N) is 3. The Hall–Kier alpha value is -0.650. The van der Waals surface area contributed by atoms with E-state index < -0.39 is 0 Å².